The molecule has 2 N–H and O–H groups in total. The molecule has 0 amide bonds. The summed E-state index contributed by atoms with van der Waals surface area (Å²) in [6.07, 6.45) is 0.542. The van der Waals surface area contributed by atoms with E-state index in [-0.39, 0.29) is 5.82 Å². The molecule has 0 heterocycles. The van der Waals surface area contributed by atoms with Gasteiger partial charge in [-0.2, -0.15) is 0 Å². The zero-order valence-electron chi connectivity index (χ0n) is 11.6. The third-order valence-corrected chi connectivity index (χ3v) is 3.20. The molecule has 0 aliphatic carbocycles. The molecule has 1 atom stereocenters. The largest absolute Gasteiger partial charge is 0.497 e. The molecule has 0 saturated carbocycles. The van der Waals surface area contributed by atoms with Crippen LogP contribution in [0.25, 0.3) is 0 Å². The minimum Gasteiger partial charge on any atom is -0.497 e. The van der Waals surface area contributed by atoms with Crippen molar-refractivity contribution < 1.29 is 13.9 Å². The molecule has 0 fully saturated rings. The van der Waals surface area contributed by atoms with E-state index in [2.05, 4.69) is 0 Å². The molecule has 20 heavy (non-hydrogen) atoms. The number of hydrogen-bond acceptors (Lipinski definition) is 3. The zero-order valence-corrected chi connectivity index (χ0v) is 11.6. The van der Waals surface area contributed by atoms with Crippen LogP contribution in [0.1, 0.15) is 17.2 Å². The summed E-state index contributed by atoms with van der Waals surface area (Å²) in [6.45, 7) is 0. The van der Waals surface area contributed by atoms with Crippen molar-refractivity contribution in [1.29, 1.82) is 0 Å². The lowest BCUT2D eigenvalue weighted by atomic mass is 9.99. The number of methoxy groups -OCH3 is 2. The molecular formula is C16H18FNO2. The van der Waals surface area contributed by atoms with Crippen LogP contribution in [0.4, 0.5) is 4.39 Å². The molecule has 0 saturated heterocycles. The highest BCUT2D eigenvalue weighted by Crippen LogP contribution is 2.24. The van der Waals surface area contributed by atoms with Crippen molar-refractivity contribution in [2.24, 2.45) is 5.73 Å². The van der Waals surface area contributed by atoms with Crippen LogP contribution >= 0.6 is 0 Å². The number of nitrogens with two attached hydrogens (primary N) is 1. The highest BCUT2D eigenvalue weighted by atomic mass is 19.1. The molecule has 2 aromatic carbocycles. The van der Waals surface area contributed by atoms with Crippen molar-refractivity contribution in [3.63, 3.8) is 0 Å². The van der Waals surface area contributed by atoms with Gasteiger partial charge in [-0.1, -0.05) is 18.2 Å². The van der Waals surface area contributed by atoms with E-state index in [1.807, 2.05) is 24.3 Å². The lowest BCUT2D eigenvalue weighted by Gasteiger charge is -2.14. The lowest BCUT2D eigenvalue weighted by molar-refractivity contribution is 0.410. The van der Waals surface area contributed by atoms with Crippen LogP contribution in [0.5, 0.6) is 11.5 Å². The van der Waals surface area contributed by atoms with Crippen molar-refractivity contribution in [3.8, 4) is 11.5 Å². The first kappa shape index (κ1) is 14.3. The number of halogens is 1. The van der Waals surface area contributed by atoms with Gasteiger partial charge in [0, 0.05) is 17.7 Å². The Kier molecular flexibility index (Phi) is 4.58. The molecule has 3 nitrogen and oxygen atoms in total. The molecule has 106 valence electrons. The van der Waals surface area contributed by atoms with Crippen LogP contribution in [0.15, 0.2) is 42.5 Å². The predicted octanol–water partition coefficient (Wildman–Crippen LogP) is 3.09. The Morgan fingerprint density at radius 2 is 1.75 bits per heavy atom. The standard InChI is InChI=1S/C16H18FNO2/c1-19-12-5-3-4-11(8-12)9-16(18)14-7-6-13(20-2)10-15(14)17/h3-8,10,16H,9,18H2,1-2H3. The fraction of sp³-hybridized carbons (Fsp3) is 0.250. The van der Waals surface area contributed by atoms with Crippen LogP contribution in [0.2, 0.25) is 0 Å². The Bertz CT molecular complexity index is 586. The summed E-state index contributed by atoms with van der Waals surface area (Å²) in [5.41, 5.74) is 7.58. The lowest BCUT2D eigenvalue weighted by Crippen LogP contribution is -2.15. The fourth-order valence-electron chi connectivity index (χ4n) is 2.10. The number of benzene rings is 2. The second-order valence-corrected chi connectivity index (χ2v) is 4.55. The third-order valence-electron chi connectivity index (χ3n) is 3.20. The Morgan fingerprint density at radius 1 is 1.05 bits per heavy atom. The average molecular weight is 275 g/mol. The summed E-state index contributed by atoms with van der Waals surface area (Å²) in [4.78, 5) is 0. The Hall–Kier alpha value is -2.07. The van der Waals surface area contributed by atoms with E-state index in [4.69, 9.17) is 15.2 Å². The molecule has 0 spiro atoms. The maximum Gasteiger partial charge on any atom is 0.131 e. The molecule has 2 rings (SSSR count). The molecule has 0 bridgehead atoms. The summed E-state index contributed by atoms with van der Waals surface area (Å²) in [5, 5.41) is 0. The van der Waals surface area contributed by atoms with Crippen molar-refractivity contribution in [1.82, 2.24) is 0 Å². The highest BCUT2D eigenvalue weighted by molar-refractivity contribution is 5.33. The first-order valence-corrected chi connectivity index (χ1v) is 6.36. The minimum atomic E-state index is -0.409. The molecule has 4 heteroatoms. The minimum absolute atomic E-state index is 0.347. The second-order valence-electron chi connectivity index (χ2n) is 4.55. The number of hydrogen-bond donors (Lipinski definition) is 1. The van der Waals surface area contributed by atoms with E-state index >= 15 is 0 Å². The van der Waals surface area contributed by atoms with Crippen molar-refractivity contribution in [2.45, 2.75) is 12.5 Å². The van der Waals surface area contributed by atoms with Gasteiger partial charge in [-0.15, -0.1) is 0 Å². The van der Waals surface area contributed by atoms with Crippen LogP contribution in [-0.2, 0) is 6.42 Å². The second kappa shape index (κ2) is 6.39. The Labute approximate surface area is 118 Å². The fourth-order valence-corrected chi connectivity index (χ4v) is 2.10. The molecule has 0 aliphatic heterocycles. The summed E-state index contributed by atoms with van der Waals surface area (Å²) in [7, 11) is 3.12. The molecule has 2 aromatic rings. The topological polar surface area (TPSA) is 44.5 Å². The predicted molar refractivity (Wildman–Crippen MR) is 76.6 cm³/mol. The van der Waals surface area contributed by atoms with Gasteiger partial charge in [0.05, 0.1) is 14.2 Å². The smallest absolute Gasteiger partial charge is 0.131 e. The molecule has 0 aliphatic rings. The van der Waals surface area contributed by atoms with Gasteiger partial charge in [-0.25, -0.2) is 4.39 Å². The van der Waals surface area contributed by atoms with Gasteiger partial charge in [0.1, 0.15) is 17.3 Å². The van der Waals surface area contributed by atoms with Gasteiger partial charge < -0.3 is 15.2 Å². The Balaban J connectivity index is 2.16. The van der Waals surface area contributed by atoms with Gasteiger partial charge in [0.15, 0.2) is 0 Å². The van der Waals surface area contributed by atoms with Gasteiger partial charge >= 0.3 is 0 Å². The van der Waals surface area contributed by atoms with E-state index in [1.165, 1.54) is 13.2 Å². The van der Waals surface area contributed by atoms with Gasteiger partial charge in [0.25, 0.3) is 0 Å². The molecule has 0 radical (unpaired) electrons. The van der Waals surface area contributed by atoms with Crippen molar-refractivity contribution in [3.05, 3.63) is 59.4 Å². The van der Waals surface area contributed by atoms with E-state index in [1.54, 1.807) is 19.2 Å². The zero-order chi connectivity index (χ0) is 14.5. The van der Waals surface area contributed by atoms with Crippen LogP contribution < -0.4 is 15.2 Å². The molecule has 1 unspecified atom stereocenters. The summed E-state index contributed by atoms with van der Waals surface area (Å²) in [5.74, 6) is 0.907. The van der Waals surface area contributed by atoms with Crippen LogP contribution in [0.3, 0.4) is 0 Å². The first-order valence-electron chi connectivity index (χ1n) is 6.36. The molecular weight excluding hydrogens is 257 g/mol. The van der Waals surface area contributed by atoms with E-state index < -0.39 is 6.04 Å². The van der Waals surface area contributed by atoms with Crippen molar-refractivity contribution in [2.75, 3.05) is 14.2 Å². The average Bonchev–Trinajstić information content (AvgIpc) is 2.47. The first-order chi connectivity index (χ1) is 9.63. The van der Waals surface area contributed by atoms with E-state index in [9.17, 15) is 4.39 Å². The number of rotatable bonds is 5. The van der Waals surface area contributed by atoms with Crippen molar-refractivity contribution >= 4 is 0 Å². The maximum atomic E-state index is 14.0. The van der Waals surface area contributed by atoms with E-state index in [0.29, 0.717) is 17.7 Å². The highest BCUT2D eigenvalue weighted by Gasteiger charge is 2.13. The quantitative estimate of drug-likeness (QED) is 0.912. The SMILES string of the molecule is COc1cccc(CC(N)c2ccc(OC)cc2F)c1. The normalized spacial score (nSPS) is 12.0. The Morgan fingerprint density at radius 3 is 2.40 bits per heavy atom. The summed E-state index contributed by atoms with van der Waals surface area (Å²) in [6, 6.07) is 11.9. The summed E-state index contributed by atoms with van der Waals surface area (Å²) >= 11 is 0. The monoisotopic (exact) mass is 275 g/mol. The summed E-state index contributed by atoms with van der Waals surface area (Å²) < 4.78 is 24.1. The van der Waals surface area contributed by atoms with Gasteiger partial charge in [0.2, 0.25) is 0 Å². The number of ether oxygens (including phenoxy) is 2. The van der Waals surface area contributed by atoms with Crippen LogP contribution in [0, 0.1) is 5.82 Å². The van der Waals surface area contributed by atoms with Crippen LogP contribution in [-0.4, -0.2) is 14.2 Å². The third kappa shape index (κ3) is 3.27. The molecule has 0 aromatic heterocycles. The maximum absolute atomic E-state index is 14.0. The van der Waals surface area contributed by atoms with Gasteiger partial charge in [-0.3, -0.25) is 0 Å². The van der Waals surface area contributed by atoms with Gasteiger partial charge in [-0.05, 0) is 30.2 Å². The van der Waals surface area contributed by atoms with E-state index in [0.717, 1.165) is 11.3 Å².